The molecule has 6 nitrogen and oxygen atoms in total. The van der Waals surface area contributed by atoms with Gasteiger partial charge in [0.25, 0.3) is 5.91 Å². The fourth-order valence-corrected chi connectivity index (χ4v) is 3.90. The summed E-state index contributed by atoms with van der Waals surface area (Å²) in [5.74, 6) is 0.958. The quantitative estimate of drug-likeness (QED) is 0.328. The van der Waals surface area contributed by atoms with Crippen molar-refractivity contribution in [3.8, 4) is 17.2 Å². The lowest BCUT2D eigenvalue weighted by atomic mass is 10.1. The van der Waals surface area contributed by atoms with Crippen LogP contribution in [-0.2, 0) is 0 Å². The Morgan fingerprint density at radius 1 is 1.06 bits per heavy atom. The molecule has 0 aliphatic heterocycles. The van der Waals surface area contributed by atoms with Crippen molar-refractivity contribution >= 4 is 56.0 Å². The number of oxazole rings is 1. The summed E-state index contributed by atoms with van der Waals surface area (Å²) in [4.78, 5) is 17.1. The molecule has 4 aromatic rings. The highest BCUT2D eigenvalue weighted by Gasteiger charge is 2.13. The molecule has 0 fully saturated rings. The van der Waals surface area contributed by atoms with Crippen LogP contribution >= 0.6 is 28.1 Å². The number of nitrogens with one attached hydrogen (secondary N) is 2. The van der Waals surface area contributed by atoms with Gasteiger partial charge in [-0.3, -0.25) is 10.1 Å². The van der Waals surface area contributed by atoms with Crippen molar-refractivity contribution in [3.05, 3.63) is 75.8 Å². The number of aromatic nitrogens is 1. The first-order chi connectivity index (χ1) is 15.3. The molecule has 0 atom stereocenters. The second kappa shape index (κ2) is 9.10. The summed E-state index contributed by atoms with van der Waals surface area (Å²) in [6, 6.07) is 16.6. The minimum Gasteiger partial charge on any atom is -0.496 e. The number of halogens is 1. The number of carbonyl (C=O) groups is 1. The molecule has 0 unspecified atom stereocenters. The molecule has 4 rings (SSSR count). The molecule has 0 aliphatic rings. The van der Waals surface area contributed by atoms with E-state index in [0.29, 0.717) is 28.2 Å². The highest BCUT2D eigenvalue weighted by atomic mass is 79.9. The molecule has 32 heavy (non-hydrogen) atoms. The molecular weight excluding hydrogens is 490 g/mol. The molecule has 0 saturated carbocycles. The van der Waals surface area contributed by atoms with Gasteiger partial charge in [-0.1, -0.05) is 6.07 Å². The van der Waals surface area contributed by atoms with Crippen molar-refractivity contribution in [1.29, 1.82) is 0 Å². The molecule has 0 aliphatic carbocycles. The van der Waals surface area contributed by atoms with Gasteiger partial charge in [0, 0.05) is 16.8 Å². The molecule has 1 amide bonds. The van der Waals surface area contributed by atoms with E-state index in [1.165, 1.54) is 0 Å². The van der Waals surface area contributed by atoms with Crippen LogP contribution in [0.5, 0.6) is 5.75 Å². The molecule has 3 aromatic carbocycles. The number of aryl methyl sites for hydroxylation is 2. The Hall–Kier alpha value is -3.23. The van der Waals surface area contributed by atoms with Crippen LogP contribution in [0, 0.1) is 13.8 Å². The largest absolute Gasteiger partial charge is 0.496 e. The van der Waals surface area contributed by atoms with Crippen LogP contribution in [0.15, 0.2) is 63.5 Å². The third-order valence-corrected chi connectivity index (χ3v) is 5.86. The lowest BCUT2D eigenvalue weighted by Gasteiger charge is -2.10. The maximum absolute atomic E-state index is 12.5. The second-order valence-electron chi connectivity index (χ2n) is 7.26. The van der Waals surface area contributed by atoms with Gasteiger partial charge in [-0.2, -0.15) is 0 Å². The van der Waals surface area contributed by atoms with E-state index in [1.54, 1.807) is 19.2 Å². The molecule has 2 N–H and O–H groups in total. The van der Waals surface area contributed by atoms with Crippen molar-refractivity contribution in [1.82, 2.24) is 10.3 Å². The van der Waals surface area contributed by atoms with E-state index in [9.17, 15) is 4.79 Å². The minimum absolute atomic E-state index is 0.204. The first kappa shape index (κ1) is 22.0. The van der Waals surface area contributed by atoms with Crippen LogP contribution in [0.3, 0.4) is 0 Å². The zero-order chi connectivity index (χ0) is 22.8. The summed E-state index contributed by atoms with van der Waals surface area (Å²) in [5, 5.41) is 5.94. The van der Waals surface area contributed by atoms with Gasteiger partial charge in [-0.05, 0) is 102 Å². The lowest BCUT2D eigenvalue weighted by Crippen LogP contribution is -2.34. The van der Waals surface area contributed by atoms with Crippen LogP contribution in [-0.4, -0.2) is 23.1 Å². The summed E-state index contributed by atoms with van der Waals surface area (Å²) in [7, 11) is 1.61. The number of nitrogens with zero attached hydrogens (tertiary/aromatic N) is 1. The van der Waals surface area contributed by atoms with E-state index < -0.39 is 0 Å². The van der Waals surface area contributed by atoms with Gasteiger partial charge >= 0.3 is 0 Å². The highest BCUT2D eigenvalue weighted by Crippen LogP contribution is 2.32. The number of carbonyl (C=O) groups excluding carboxylic acids is 1. The monoisotopic (exact) mass is 509 g/mol. The van der Waals surface area contributed by atoms with Crippen LogP contribution in [0.2, 0.25) is 0 Å². The Morgan fingerprint density at radius 2 is 1.88 bits per heavy atom. The van der Waals surface area contributed by atoms with E-state index in [4.69, 9.17) is 21.4 Å². The zero-order valence-electron chi connectivity index (χ0n) is 17.7. The standard InChI is InChI=1S/C24H20BrN3O3S/c1-13-4-5-15(10-14(13)2)22(29)28-24(32)26-17-7-9-21-19(12-17)27-23(31-21)16-6-8-20(30-3)18(25)11-16/h4-12H,1-3H3,(H2,26,28,29,32). The molecule has 8 heteroatoms. The first-order valence-corrected chi connectivity index (χ1v) is 11.0. The number of rotatable bonds is 4. The number of ether oxygens (including phenoxy) is 1. The molecule has 1 heterocycles. The van der Waals surface area contributed by atoms with Crippen LogP contribution in [0.1, 0.15) is 21.5 Å². The van der Waals surface area contributed by atoms with Gasteiger partial charge in [0.05, 0.1) is 11.6 Å². The van der Waals surface area contributed by atoms with Crippen molar-refractivity contribution in [3.63, 3.8) is 0 Å². The lowest BCUT2D eigenvalue weighted by molar-refractivity contribution is 0.0977. The van der Waals surface area contributed by atoms with Gasteiger partial charge < -0.3 is 14.5 Å². The highest BCUT2D eigenvalue weighted by molar-refractivity contribution is 9.10. The molecule has 0 radical (unpaired) electrons. The molecule has 0 saturated heterocycles. The Bertz CT molecular complexity index is 1350. The normalized spacial score (nSPS) is 10.8. The molecule has 1 aromatic heterocycles. The van der Waals surface area contributed by atoms with Gasteiger partial charge in [-0.15, -0.1) is 0 Å². The Balaban J connectivity index is 1.49. The smallest absolute Gasteiger partial charge is 0.257 e. The number of hydrogen-bond donors (Lipinski definition) is 2. The average molecular weight is 510 g/mol. The van der Waals surface area contributed by atoms with E-state index in [-0.39, 0.29) is 11.0 Å². The second-order valence-corrected chi connectivity index (χ2v) is 8.52. The van der Waals surface area contributed by atoms with Gasteiger partial charge in [0.1, 0.15) is 11.3 Å². The predicted octanol–water partition coefficient (Wildman–Crippen LogP) is 6.01. The topological polar surface area (TPSA) is 76.4 Å². The number of methoxy groups -OCH3 is 1. The summed E-state index contributed by atoms with van der Waals surface area (Å²) in [5.41, 5.74) is 5.55. The summed E-state index contributed by atoms with van der Waals surface area (Å²) >= 11 is 8.79. The number of benzene rings is 3. The third kappa shape index (κ3) is 4.66. The Kier molecular flexibility index (Phi) is 6.25. The maximum Gasteiger partial charge on any atom is 0.257 e. The number of fused-ring (bicyclic) bond motifs is 1. The Morgan fingerprint density at radius 3 is 2.59 bits per heavy atom. The van der Waals surface area contributed by atoms with Gasteiger partial charge in [0.15, 0.2) is 10.7 Å². The van der Waals surface area contributed by atoms with Crippen molar-refractivity contribution in [2.45, 2.75) is 13.8 Å². The summed E-state index contributed by atoms with van der Waals surface area (Å²) < 4.78 is 12.0. The maximum atomic E-state index is 12.5. The molecular formula is C24H20BrN3O3S. The first-order valence-electron chi connectivity index (χ1n) is 9.78. The fraction of sp³-hybridized carbons (Fsp3) is 0.125. The predicted molar refractivity (Wildman–Crippen MR) is 133 cm³/mol. The van der Waals surface area contributed by atoms with Crippen LogP contribution in [0.4, 0.5) is 5.69 Å². The minimum atomic E-state index is -0.263. The van der Waals surface area contributed by atoms with E-state index >= 15 is 0 Å². The molecule has 0 spiro atoms. The van der Waals surface area contributed by atoms with Crippen LogP contribution in [0.25, 0.3) is 22.6 Å². The van der Waals surface area contributed by atoms with E-state index in [2.05, 4.69) is 31.5 Å². The molecule has 162 valence electrons. The number of thiocarbonyl (C=S) groups is 1. The van der Waals surface area contributed by atoms with E-state index in [0.717, 1.165) is 26.9 Å². The third-order valence-electron chi connectivity index (χ3n) is 5.04. The SMILES string of the molecule is COc1ccc(-c2nc3cc(NC(=S)NC(=O)c4ccc(C)c(C)c4)ccc3o2)cc1Br. The summed E-state index contributed by atoms with van der Waals surface area (Å²) in [6.45, 7) is 3.97. The number of amides is 1. The average Bonchev–Trinajstić information content (AvgIpc) is 3.19. The van der Waals surface area contributed by atoms with Crippen molar-refractivity contribution < 1.29 is 13.9 Å². The zero-order valence-corrected chi connectivity index (χ0v) is 20.1. The Labute approximate surface area is 199 Å². The van der Waals surface area contributed by atoms with Gasteiger partial charge in [0.2, 0.25) is 5.89 Å². The van der Waals surface area contributed by atoms with E-state index in [1.807, 2.05) is 56.3 Å². The van der Waals surface area contributed by atoms with Crippen molar-refractivity contribution in [2.75, 3.05) is 12.4 Å². The fourth-order valence-electron chi connectivity index (χ4n) is 3.15. The van der Waals surface area contributed by atoms with Crippen molar-refractivity contribution in [2.24, 2.45) is 0 Å². The molecule has 0 bridgehead atoms. The van der Waals surface area contributed by atoms with Gasteiger partial charge in [-0.25, -0.2) is 4.98 Å². The number of anilines is 1. The summed E-state index contributed by atoms with van der Waals surface area (Å²) in [6.07, 6.45) is 0. The van der Waals surface area contributed by atoms with Crippen LogP contribution < -0.4 is 15.4 Å². The number of hydrogen-bond acceptors (Lipinski definition) is 5.